The molecule has 0 aliphatic rings. The predicted molar refractivity (Wildman–Crippen MR) is 72.4 cm³/mol. The second-order valence-corrected chi connectivity index (χ2v) is 6.05. The summed E-state index contributed by atoms with van der Waals surface area (Å²) in [6.07, 6.45) is 2.00. The molecule has 86 valence electrons. The monoisotopic (exact) mass is 253 g/mol. The molecule has 0 saturated carbocycles. The molecule has 2 aromatic rings. The molecule has 0 N–H and O–H groups in total. The minimum Gasteiger partial charge on any atom is -0.241 e. The Morgan fingerprint density at radius 1 is 1.31 bits per heavy atom. The molecule has 1 unspecified atom stereocenters. The molecule has 2 rings (SSSR count). The standard InChI is InChI=1S/C13H16ClNS/c1-9(2)10(14)7-8-13-15-11-5-3-4-6-12(11)16-13/h3-6,9-10H,7-8H2,1-2H3. The highest BCUT2D eigenvalue weighted by Crippen LogP contribution is 2.24. The number of hydrogen-bond donors (Lipinski definition) is 0. The predicted octanol–water partition coefficient (Wildman–Crippen LogP) is 4.49. The van der Waals surface area contributed by atoms with Gasteiger partial charge in [-0.05, 0) is 24.5 Å². The molecule has 16 heavy (non-hydrogen) atoms. The van der Waals surface area contributed by atoms with E-state index in [0.29, 0.717) is 5.92 Å². The van der Waals surface area contributed by atoms with Crippen LogP contribution >= 0.6 is 22.9 Å². The molecular weight excluding hydrogens is 238 g/mol. The third-order valence-electron chi connectivity index (χ3n) is 2.70. The Labute approximate surface area is 105 Å². The second kappa shape index (κ2) is 5.15. The van der Waals surface area contributed by atoms with E-state index in [1.807, 2.05) is 6.07 Å². The summed E-state index contributed by atoms with van der Waals surface area (Å²) in [5.74, 6) is 0.538. The topological polar surface area (TPSA) is 12.9 Å². The second-order valence-electron chi connectivity index (χ2n) is 4.37. The van der Waals surface area contributed by atoms with Crippen LogP contribution in [0.4, 0.5) is 0 Å². The number of alkyl halides is 1. The SMILES string of the molecule is CC(C)C(Cl)CCc1nc2ccccc2s1. The summed E-state index contributed by atoms with van der Waals surface area (Å²) in [4.78, 5) is 4.60. The molecule has 0 radical (unpaired) electrons. The highest BCUT2D eigenvalue weighted by Gasteiger charge is 2.11. The number of halogens is 1. The van der Waals surface area contributed by atoms with E-state index in [-0.39, 0.29) is 5.38 Å². The van der Waals surface area contributed by atoms with Gasteiger partial charge < -0.3 is 0 Å². The molecule has 1 aromatic carbocycles. The lowest BCUT2D eigenvalue weighted by Crippen LogP contribution is -2.08. The van der Waals surface area contributed by atoms with Gasteiger partial charge in [0, 0.05) is 11.8 Å². The van der Waals surface area contributed by atoms with E-state index < -0.39 is 0 Å². The van der Waals surface area contributed by atoms with Crippen molar-refractivity contribution in [3.05, 3.63) is 29.3 Å². The minimum atomic E-state index is 0.256. The number of hydrogen-bond acceptors (Lipinski definition) is 2. The number of rotatable bonds is 4. The summed E-state index contributed by atoms with van der Waals surface area (Å²) >= 11 is 8.02. The molecule has 3 heteroatoms. The van der Waals surface area contributed by atoms with E-state index in [1.165, 1.54) is 9.71 Å². The van der Waals surface area contributed by atoms with Gasteiger partial charge in [-0.1, -0.05) is 26.0 Å². The Kier molecular flexibility index (Phi) is 3.82. The van der Waals surface area contributed by atoms with Crippen LogP contribution in [0.5, 0.6) is 0 Å². The molecule has 0 saturated heterocycles. The molecule has 1 nitrogen and oxygen atoms in total. The maximum atomic E-state index is 6.24. The highest BCUT2D eigenvalue weighted by atomic mass is 35.5. The van der Waals surface area contributed by atoms with Crippen LogP contribution in [0.1, 0.15) is 25.3 Å². The zero-order chi connectivity index (χ0) is 11.5. The van der Waals surface area contributed by atoms with E-state index in [4.69, 9.17) is 11.6 Å². The zero-order valence-electron chi connectivity index (χ0n) is 9.61. The Morgan fingerprint density at radius 3 is 2.75 bits per heavy atom. The van der Waals surface area contributed by atoms with Crippen molar-refractivity contribution in [2.45, 2.75) is 32.1 Å². The number of thiazole rings is 1. The lowest BCUT2D eigenvalue weighted by atomic mass is 10.1. The average Bonchev–Trinajstić information content (AvgIpc) is 2.68. The molecule has 0 bridgehead atoms. The van der Waals surface area contributed by atoms with E-state index in [1.54, 1.807) is 11.3 Å². The Bertz CT molecular complexity index is 431. The number of aryl methyl sites for hydroxylation is 1. The normalized spacial score (nSPS) is 13.5. The van der Waals surface area contributed by atoms with E-state index in [0.717, 1.165) is 18.4 Å². The molecule has 0 spiro atoms. The number of benzene rings is 1. The van der Waals surface area contributed by atoms with Crippen LogP contribution in [0.3, 0.4) is 0 Å². The Hall–Kier alpha value is -0.600. The van der Waals surface area contributed by atoms with Crippen LogP contribution in [0.15, 0.2) is 24.3 Å². The third-order valence-corrected chi connectivity index (χ3v) is 4.51. The fourth-order valence-corrected chi connectivity index (χ4v) is 2.71. The van der Waals surface area contributed by atoms with Gasteiger partial charge >= 0.3 is 0 Å². The molecule has 0 aliphatic carbocycles. The van der Waals surface area contributed by atoms with Gasteiger partial charge in [0.25, 0.3) is 0 Å². The van der Waals surface area contributed by atoms with E-state index >= 15 is 0 Å². The first-order valence-electron chi connectivity index (χ1n) is 5.65. The van der Waals surface area contributed by atoms with Gasteiger partial charge in [0.2, 0.25) is 0 Å². The number of fused-ring (bicyclic) bond motifs is 1. The van der Waals surface area contributed by atoms with Gasteiger partial charge in [-0.3, -0.25) is 0 Å². The Balaban J connectivity index is 2.05. The average molecular weight is 254 g/mol. The molecule has 0 fully saturated rings. The summed E-state index contributed by atoms with van der Waals surface area (Å²) in [7, 11) is 0. The quantitative estimate of drug-likeness (QED) is 0.732. The summed E-state index contributed by atoms with van der Waals surface area (Å²) in [6, 6.07) is 8.28. The van der Waals surface area contributed by atoms with Crippen molar-refractivity contribution in [1.82, 2.24) is 4.98 Å². The van der Waals surface area contributed by atoms with Crippen LogP contribution in [-0.4, -0.2) is 10.4 Å². The molecule has 0 aliphatic heterocycles. The maximum Gasteiger partial charge on any atom is 0.0939 e. The maximum absolute atomic E-state index is 6.24. The first-order chi connectivity index (χ1) is 7.66. The molecule has 0 amide bonds. The highest BCUT2D eigenvalue weighted by molar-refractivity contribution is 7.18. The third kappa shape index (κ3) is 2.74. The summed E-state index contributed by atoms with van der Waals surface area (Å²) in [5, 5.41) is 1.46. The lowest BCUT2D eigenvalue weighted by Gasteiger charge is -2.11. The molecule has 1 heterocycles. The van der Waals surface area contributed by atoms with E-state index in [9.17, 15) is 0 Å². The van der Waals surface area contributed by atoms with E-state index in [2.05, 4.69) is 37.0 Å². The summed E-state index contributed by atoms with van der Waals surface area (Å²) in [6.45, 7) is 4.33. The fraction of sp³-hybridized carbons (Fsp3) is 0.462. The van der Waals surface area contributed by atoms with Crippen LogP contribution in [0.25, 0.3) is 10.2 Å². The van der Waals surface area contributed by atoms with Crippen LogP contribution in [0, 0.1) is 5.92 Å². The van der Waals surface area contributed by atoms with Crippen LogP contribution in [-0.2, 0) is 6.42 Å². The smallest absolute Gasteiger partial charge is 0.0939 e. The van der Waals surface area contributed by atoms with Crippen LogP contribution < -0.4 is 0 Å². The number of aromatic nitrogens is 1. The van der Waals surface area contributed by atoms with Gasteiger partial charge in [0.1, 0.15) is 0 Å². The molecule has 1 atom stereocenters. The van der Waals surface area contributed by atoms with Crippen molar-refractivity contribution in [1.29, 1.82) is 0 Å². The fourth-order valence-electron chi connectivity index (χ4n) is 1.62. The number of para-hydroxylation sites is 1. The summed E-state index contributed by atoms with van der Waals surface area (Å²) < 4.78 is 1.27. The van der Waals surface area contributed by atoms with Crippen LogP contribution in [0.2, 0.25) is 0 Å². The van der Waals surface area contributed by atoms with Gasteiger partial charge in [-0.15, -0.1) is 22.9 Å². The van der Waals surface area contributed by atoms with Crippen molar-refractivity contribution >= 4 is 33.2 Å². The molecular formula is C13H16ClNS. The van der Waals surface area contributed by atoms with Gasteiger partial charge in [0.15, 0.2) is 0 Å². The van der Waals surface area contributed by atoms with Gasteiger partial charge in [-0.25, -0.2) is 4.98 Å². The van der Waals surface area contributed by atoms with Crippen molar-refractivity contribution in [2.24, 2.45) is 5.92 Å². The van der Waals surface area contributed by atoms with Crippen molar-refractivity contribution in [3.63, 3.8) is 0 Å². The minimum absolute atomic E-state index is 0.256. The van der Waals surface area contributed by atoms with Gasteiger partial charge in [0.05, 0.1) is 15.2 Å². The molecule has 1 aromatic heterocycles. The Morgan fingerprint density at radius 2 is 2.06 bits per heavy atom. The lowest BCUT2D eigenvalue weighted by molar-refractivity contribution is 0.565. The number of nitrogens with zero attached hydrogens (tertiary/aromatic N) is 1. The first kappa shape index (κ1) is 11.9. The summed E-state index contributed by atoms with van der Waals surface area (Å²) in [5.41, 5.74) is 1.11. The van der Waals surface area contributed by atoms with Crippen molar-refractivity contribution in [2.75, 3.05) is 0 Å². The first-order valence-corrected chi connectivity index (χ1v) is 6.90. The van der Waals surface area contributed by atoms with Crippen molar-refractivity contribution < 1.29 is 0 Å². The zero-order valence-corrected chi connectivity index (χ0v) is 11.2. The largest absolute Gasteiger partial charge is 0.241 e. The van der Waals surface area contributed by atoms with Gasteiger partial charge in [-0.2, -0.15) is 0 Å². The van der Waals surface area contributed by atoms with Crippen molar-refractivity contribution in [3.8, 4) is 0 Å².